The number of halogens is 1. The molecule has 0 aliphatic carbocycles. The van der Waals surface area contributed by atoms with Crippen LogP contribution in [0.1, 0.15) is 6.92 Å². The molecule has 0 N–H and O–H groups in total. The van der Waals surface area contributed by atoms with E-state index in [0.29, 0.717) is 23.7 Å². The van der Waals surface area contributed by atoms with Crippen LogP contribution in [0.4, 0.5) is 22.7 Å². The molecule has 0 aliphatic rings. The van der Waals surface area contributed by atoms with Gasteiger partial charge in [0.1, 0.15) is 21.6 Å². The summed E-state index contributed by atoms with van der Waals surface area (Å²) in [5.41, 5.74) is 1.86. The van der Waals surface area contributed by atoms with Crippen molar-refractivity contribution in [1.29, 1.82) is 0 Å². The Balaban J connectivity index is 0.00000341. The average molecular weight is 467 g/mol. The predicted molar refractivity (Wildman–Crippen MR) is 112 cm³/mol. The Morgan fingerprint density at radius 2 is 1.32 bits per heavy atom. The second kappa shape index (κ2) is 11.5. The third-order valence-corrected chi connectivity index (χ3v) is 4.91. The maximum Gasteiger partial charge on any atom is 1.00 e. The third kappa shape index (κ3) is 7.49. The van der Waals surface area contributed by atoms with Gasteiger partial charge in [0, 0.05) is 0 Å². The quantitative estimate of drug-likeness (QED) is 0.301. The van der Waals surface area contributed by atoms with Gasteiger partial charge in [-0.3, -0.25) is 0 Å². The van der Waals surface area contributed by atoms with Crippen molar-refractivity contribution in [2.24, 2.45) is 20.5 Å². The Bertz CT molecular complexity index is 1180. The molecule has 0 fully saturated rings. The molecule has 0 heterocycles. The van der Waals surface area contributed by atoms with E-state index in [4.69, 9.17) is 16.3 Å². The molecule has 0 saturated heterocycles. The normalized spacial score (nSPS) is 11.6. The van der Waals surface area contributed by atoms with Gasteiger partial charge in [0.2, 0.25) is 0 Å². The zero-order chi connectivity index (χ0) is 21.6. The number of hydrogen-bond acceptors (Lipinski definition) is 8. The summed E-state index contributed by atoms with van der Waals surface area (Å²) in [5.74, 6) is 0.768. The molecule has 3 aromatic rings. The van der Waals surface area contributed by atoms with E-state index in [9.17, 15) is 13.0 Å². The van der Waals surface area contributed by atoms with Crippen molar-refractivity contribution >= 4 is 44.5 Å². The molecule has 0 spiro atoms. The number of azo groups is 2. The van der Waals surface area contributed by atoms with Crippen LogP contribution in [-0.2, 0) is 10.1 Å². The van der Waals surface area contributed by atoms with Crippen LogP contribution in [0, 0.1) is 0 Å². The predicted octanol–water partition coefficient (Wildman–Crippen LogP) is 3.48. The standard InChI is InChI=1S/C20H17ClN4O4S.Na/c1-2-29-17-9-7-16(8-10-17)23-22-14-3-5-15(6-4-14)24-25-20-13-18(30(26,27)28)11-12-19(20)21;/h3-13H,2H2,1H3,(H,26,27,28);/q;+1/p-1. The molecule has 0 aromatic heterocycles. The van der Waals surface area contributed by atoms with Crippen molar-refractivity contribution in [3.63, 3.8) is 0 Å². The van der Waals surface area contributed by atoms with Crippen LogP contribution in [0.2, 0.25) is 5.02 Å². The van der Waals surface area contributed by atoms with Gasteiger partial charge >= 0.3 is 29.6 Å². The Morgan fingerprint density at radius 3 is 1.81 bits per heavy atom. The fraction of sp³-hybridized carbons (Fsp3) is 0.100. The maximum atomic E-state index is 11.1. The van der Waals surface area contributed by atoms with Gasteiger partial charge in [0.05, 0.1) is 33.6 Å². The fourth-order valence-corrected chi connectivity index (χ4v) is 2.96. The van der Waals surface area contributed by atoms with Crippen LogP contribution < -0.4 is 34.3 Å². The minimum absolute atomic E-state index is 0. The van der Waals surface area contributed by atoms with E-state index in [2.05, 4.69) is 20.5 Å². The summed E-state index contributed by atoms with van der Waals surface area (Å²) in [7, 11) is -4.61. The molecule has 0 amide bonds. The number of nitrogens with zero attached hydrogens (tertiary/aromatic N) is 4. The van der Waals surface area contributed by atoms with Crippen LogP contribution in [0.25, 0.3) is 0 Å². The first-order valence-corrected chi connectivity index (χ1v) is 10.6. The van der Waals surface area contributed by atoms with Crippen LogP contribution in [-0.4, -0.2) is 19.6 Å². The van der Waals surface area contributed by atoms with Crippen LogP contribution in [0.3, 0.4) is 0 Å². The first kappa shape index (κ1) is 25.1. The van der Waals surface area contributed by atoms with Gasteiger partial charge in [-0.05, 0) is 73.7 Å². The van der Waals surface area contributed by atoms with Gasteiger partial charge in [-0.25, -0.2) is 8.42 Å². The van der Waals surface area contributed by atoms with E-state index < -0.39 is 15.0 Å². The first-order valence-electron chi connectivity index (χ1n) is 8.77. The van der Waals surface area contributed by atoms with E-state index in [0.717, 1.165) is 17.9 Å². The van der Waals surface area contributed by atoms with Gasteiger partial charge in [-0.2, -0.15) is 15.3 Å². The van der Waals surface area contributed by atoms with Crippen LogP contribution in [0.15, 0.2) is 92.1 Å². The van der Waals surface area contributed by atoms with Crippen molar-refractivity contribution in [2.45, 2.75) is 11.8 Å². The summed E-state index contributed by atoms with van der Waals surface area (Å²) in [5, 5.41) is 16.4. The minimum Gasteiger partial charge on any atom is -0.744 e. The summed E-state index contributed by atoms with van der Waals surface area (Å²) >= 11 is 5.98. The first-order chi connectivity index (χ1) is 14.3. The fourth-order valence-electron chi connectivity index (χ4n) is 2.31. The summed E-state index contributed by atoms with van der Waals surface area (Å²) in [6.07, 6.45) is 0. The molecule has 0 bridgehead atoms. The molecule has 8 nitrogen and oxygen atoms in total. The molecule has 0 unspecified atom stereocenters. The van der Waals surface area contributed by atoms with Gasteiger partial charge in [-0.15, -0.1) is 5.11 Å². The van der Waals surface area contributed by atoms with E-state index in [1.54, 1.807) is 36.4 Å². The van der Waals surface area contributed by atoms with Crippen LogP contribution in [0.5, 0.6) is 5.75 Å². The molecule has 0 radical (unpaired) electrons. The van der Waals surface area contributed by atoms with E-state index in [-0.39, 0.29) is 40.3 Å². The second-order valence-electron chi connectivity index (χ2n) is 5.91. The van der Waals surface area contributed by atoms with Gasteiger partial charge < -0.3 is 9.29 Å². The number of benzene rings is 3. The van der Waals surface area contributed by atoms with Gasteiger partial charge in [0.15, 0.2) is 0 Å². The molecular formula is C20H16ClN4NaO4S. The molecule has 3 rings (SSSR count). The molecule has 31 heavy (non-hydrogen) atoms. The zero-order valence-corrected chi connectivity index (χ0v) is 20.3. The number of ether oxygens (including phenoxy) is 1. The second-order valence-corrected chi connectivity index (χ2v) is 7.70. The SMILES string of the molecule is CCOc1ccc(N=Nc2ccc(N=Nc3cc(S(=O)(=O)[O-])ccc3Cl)cc2)cc1.[Na+]. The molecule has 11 heteroatoms. The third-order valence-electron chi connectivity index (χ3n) is 3.76. The topological polar surface area (TPSA) is 116 Å². The molecule has 154 valence electrons. The Hall–Kier alpha value is -2.14. The molecule has 0 saturated carbocycles. The van der Waals surface area contributed by atoms with Gasteiger partial charge in [0.25, 0.3) is 0 Å². The largest absolute Gasteiger partial charge is 1.00 e. The number of rotatable bonds is 7. The van der Waals surface area contributed by atoms with E-state index >= 15 is 0 Å². The zero-order valence-electron chi connectivity index (χ0n) is 16.8. The van der Waals surface area contributed by atoms with Gasteiger partial charge in [-0.1, -0.05) is 11.6 Å². The van der Waals surface area contributed by atoms with E-state index in [1.165, 1.54) is 6.07 Å². The smallest absolute Gasteiger partial charge is 0.744 e. The molecule has 3 aromatic carbocycles. The van der Waals surface area contributed by atoms with Crippen molar-refractivity contribution in [3.05, 3.63) is 71.8 Å². The summed E-state index contributed by atoms with van der Waals surface area (Å²) < 4.78 is 38.7. The molecular weight excluding hydrogens is 451 g/mol. The van der Waals surface area contributed by atoms with Crippen LogP contribution >= 0.6 is 11.6 Å². The number of hydrogen-bond donors (Lipinski definition) is 0. The molecule has 0 aliphatic heterocycles. The van der Waals surface area contributed by atoms with Crippen molar-refractivity contribution in [1.82, 2.24) is 0 Å². The van der Waals surface area contributed by atoms with E-state index in [1.807, 2.05) is 19.1 Å². The Kier molecular flexibility index (Phi) is 9.30. The summed E-state index contributed by atoms with van der Waals surface area (Å²) in [6.45, 7) is 2.51. The van der Waals surface area contributed by atoms with Crippen molar-refractivity contribution in [2.75, 3.05) is 6.61 Å². The van der Waals surface area contributed by atoms with Crippen molar-refractivity contribution < 1.29 is 47.3 Å². The monoisotopic (exact) mass is 466 g/mol. The minimum atomic E-state index is -4.61. The Morgan fingerprint density at radius 1 is 0.839 bits per heavy atom. The maximum absolute atomic E-state index is 11.1. The van der Waals surface area contributed by atoms with Crippen molar-refractivity contribution in [3.8, 4) is 5.75 Å². The Labute approximate surface area is 207 Å². The summed E-state index contributed by atoms with van der Waals surface area (Å²) in [4.78, 5) is -0.425. The average Bonchev–Trinajstić information content (AvgIpc) is 2.73. The molecule has 0 atom stereocenters. The summed E-state index contributed by atoms with van der Waals surface area (Å²) in [6, 6.07) is 17.5.